The lowest BCUT2D eigenvalue weighted by Gasteiger charge is -2.49. The van der Waals surface area contributed by atoms with Gasteiger partial charge in [-0.15, -0.1) is 0 Å². The third-order valence-electron chi connectivity index (χ3n) is 6.15. The highest BCUT2D eigenvalue weighted by Gasteiger charge is 2.35. The minimum atomic E-state index is -2.75. The Morgan fingerprint density at radius 3 is 2.19 bits per heavy atom. The quantitative estimate of drug-likeness (QED) is 0.790. The van der Waals surface area contributed by atoms with Gasteiger partial charge < -0.3 is 4.90 Å². The van der Waals surface area contributed by atoms with Gasteiger partial charge >= 0.3 is 0 Å². The van der Waals surface area contributed by atoms with Gasteiger partial charge in [0.15, 0.2) is 0 Å². The fourth-order valence-electron chi connectivity index (χ4n) is 4.41. The minimum absolute atomic E-state index is 0.183. The molecule has 0 saturated carbocycles. The SMILES string of the molecule is O=S1(=O)CCC(CN2CC(N3CCN(c4ccc(F)cc4)CC3)C2)CC1. The van der Waals surface area contributed by atoms with Crippen LogP contribution < -0.4 is 4.90 Å². The van der Waals surface area contributed by atoms with Crippen molar-refractivity contribution in [3.63, 3.8) is 0 Å². The molecule has 4 rings (SSSR count). The van der Waals surface area contributed by atoms with Gasteiger partial charge in [0.25, 0.3) is 0 Å². The van der Waals surface area contributed by atoms with E-state index in [4.69, 9.17) is 0 Å². The van der Waals surface area contributed by atoms with Crippen LogP contribution in [-0.2, 0) is 9.84 Å². The topological polar surface area (TPSA) is 43.9 Å². The van der Waals surface area contributed by atoms with Crippen molar-refractivity contribution >= 4 is 15.5 Å². The van der Waals surface area contributed by atoms with E-state index < -0.39 is 9.84 Å². The summed E-state index contributed by atoms with van der Waals surface area (Å²) in [4.78, 5) is 7.39. The van der Waals surface area contributed by atoms with Crippen LogP contribution in [0, 0.1) is 11.7 Å². The van der Waals surface area contributed by atoms with E-state index in [1.807, 2.05) is 12.1 Å². The first kappa shape index (κ1) is 18.2. The van der Waals surface area contributed by atoms with Crippen LogP contribution in [0.4, 0.5) is 10.1 Å². The van der Waals surface area contributed by atoms with E-state index in [0.717, 1.165) is 64.3 Å². The van der Waals surface area contributed by atoms with Crippen LogP contribution in [0.1, 0.15) is 12.8 Å². The Kier molecular flexibility index (Phi) is 5.21. The lowest BCUT2D eigenvalue weighted by molar-refractivity contribution is 0.0201. The highest BCUT2D eigenvalue weighted by atomic mass is 32.2. The smallest absolute Gasteiger partial charge is 0.150 e. The number of benzene rings is 1. The summed E-state index contributed by atoms with van der Waals surface area (Å²) in [6.07, 6.45) is 1.67. The fraction of sp³-hybridized carbons (Fsp3) is 0.684. The zero-order valence-corrected chi connectivity index (χ0v) is 16.0. The van der Waals surface area contributed by atoms with Crippen LogP contribution in [0.3, 0.4) is 0 Å². The first-order valence-corrected chi connectivity index (χ1v) is 11.5. The molecular formula is C19H28FN3O2S. The Morgan fingerprint density at radius 1 is 0.962 bits per heavy atom. The van der Waals surface area contributed by atoms with E-state index in [2.05, 4.69) is 14.7 Å². The minimum Gasteiger partial charge on any atom is -0.369 e. The monoisotopic (exact) mass is 381 g/mol. The molecule has 0 atom stereocenters. The second kappa shape index (κ2) is 7.44. The largest absolute Gasteiger partial charge is 0.369 e. The molecule has 0 spiro atoms. The number of hydrogen-bond donors (Lipinski definition) is 0. The molecule has 3 fully saturated rings. The van der Waals surface area contributed by atoms with Gasteiger partial charge in [-0.25, -0.2) is 12.8 Å². The number of anilines is 1. The van der Waals surface area contributed by atoms with Gasteiger partial charge in [0.2, 0.25) is 0 Å². The van der Waals surface area contributed by atoms with E-state index in [-0.39, 0.29) is 5.82 Å². The van der Waals surface area contributed by atoms with Crippen LogP contribution in [0.15, 0.2) is 24.3 Å². The van der Waals surface area contributed by atoms with Crippen LogP contribution in [0.5, 0.6) is 0 Å². The van der Waals surface area contributed by atoms with Gasteiger partial charge in [0.1, 0.15) is 15.7 Å². The molecule has 3 heterocycles. The predicted molar refractivity (Wildman–Crippen MR) is 102 cm³/mol. The lowest BCUT2D eigenvalue weighted by atomic mass is 9.98. The molecule has 1 aromatic rings. The summed E-state index contributed by atoms with van der Waals surface area (Å²) in [5.41, 5.74) is 1.11. The first-order chi connectivity index (χ1) is 12.5. The second-order valence-electron chi connectivity index (χ2n) is 7.97. The molecule has 3 aliphatic rings. The van der Waals surface area contributed by atoms with Gasteiger partial charge in [-0.3, -0.25) is 9.80 Å². The zero-order chi connectivity index (χ0) is 18.1. The molecule has 0 bridgehead atoms. The van der Waals surface area contributed by atoms with Gasteiger partial charge in [0.05, 0.1) is 11.5 Å². The highest BCUT2D eigenvalue weighted by molar-refractivity contribution is 7.91. The summed E-state index contributed by atoms with van der Waals surface area (Å²) in [5.74, 6) is 1.12. The maximum Gasteiger partial charge on any atom is 0.150 e. The maximum absolute atomic E-state index is 13.1. The van der Waals surface area contributed by atoms with Crippen molar-refractivity contribution in [1.82, 2.24) is 9.80 Å². The first-order valence-electron chi connectivity index (χ1n) is 9.66. The number of hydrogen-bond acceptors (Lipinski definition) is 5. The molecule has 3 saturated heterocycles. The van der Waals surface area contributed by atoms with Gasteiger partial charge in [-0.05, 0) is 43.0 Å². The number of sulfone groups is 1. The van der Waals surface area contributed by atoms with Crippen molar-refractivity contribution in [2.45, 2.75) is 18.9 Å². The summed E-state index contributed by atoms with van der Waals surface area (Å²) in [5, 5.41) is 0. The van der Waals surface area contributed by atoms with Crippen LogP contribution in [-0.4, -0.2) is 81.6 Å². The van der Waals surface area contributed by atoms with Crippen molar-refractivity contribution in [3.05, 3.63) is 30.1 Å². The third-order valence-corrected chi connectivity index (χ3v) is 7.87. The average molecular weight is 382 g/mol. The molecule has 0 unspecified atom stereocenters. The molecule has 1 aromatic carbocycles. The molecule has 5 nitrogen and oxygen atoms in total. The van der Waals surface area contributed by atoms with E-state index in [1.165, 1.54) is 12.1 Å². The van der Waals surface area contributed by atoms with E-state index in [0.29, 0.717) is 23.5 Å². The van der Waals surface area contributed by atoms with Gasteiger partial charge in [0, 0.05) is 57.5 Å². The fourth-order valence-corrected chi connectivity index (χ4v) is 6.00. The lowest BCUT2D eigenvalue weighted by Crippen LogP contribution is -2.63. The molecule has 0 aromatic heterocycles. The number of halogens is 1. The van der Waals surface area contributed by atoms with E-state index >= 15 is 0 Å². The summed E-state index contributed by atoms with van der Waals surface area (Å²) in [6, 6.07) is 7.42. The molecule has 3 aliphatic heterocycles. The summed E-state index contributed by atoms with van der Waals surface area (Å²) in [7, 11) is -2.75. The number of piperazine rings is 1. The molecule has 0 N–H and O–H groups in total. The van der Waals surface area contributed by atoms with Crippen LogP contribution in [0.2, 0.25) is 0 Å². The van der Waals surface area contributed by atoms with E-state index in [1.54, 1.807) is 0 Å². The zero-order valence-electron chi connectivity index (χ0n) is 15.2. The second-order valence-corrected chi connectivity index (χ2v) is 10.3. The van der Waals surface area contributed by atoms with Gasteiger partial charge in [-0.1, -0.05) is 0 Å². The van der Waals surface area contributed by atoms with Crippen molar-refractivity contribution in [1.29, 1.82) is 0 Å². The number of likely N-dealkylation sites (tertiary alicyclic amines) is 1. The van der Waals surface area contributed by atoms with Crippen LogP contribution in [0.25, 0.3) is 0 Å². The van der Waals surface area contributed by atoms with E-state index in [9.17, 15) is 12.8 Å². The average Bonchev–Trinajstić information content (AvgIpc) is 2.60. The third kappa shape index (κ3) is 4.21. The Balaban J connectivity index is 1.18. The molecule has 0 radical (unpaired) electrons. The van der Waals surface area contributed by atoms with Crippen molar-refractivity contribution < 1.29 is 12.8 Å². The Morgan fingerprint density at radius 2 is 1.58 bits per heavy atom. The molecular weight excluding hydrogens is 353 g/mol. The Hall–Kier alpha value is -1.18. The number of rotatable bonds is 4. The Labute approximate surface area is 155 Å². The van der Waals surface area contributed by atoms with Gasteiger partial charge in [-0.2, -0.15) is 0 Å². The summed E-state index contributed by atoms with van der Waals surface area (Å²) in [6.45, 7) is 7.36. The van der Waals surface area contributed by atoms with Crippen LogP contribution >= 0.6 is 0 Å². The summed E-state index contributed by atoms with van der Waals surface area (Å²) < 4.78 is 36.1. The van der Waals surface area contributed by atoms with Crippen molar-refractivity contribution in [3.8, 4) is 0 Å². The molecule has 0 aliphatic carbocycles. The molecule has 7 heteroatoms. The normalized spacial score (nSPS) is 26.0. The maximum atomic E-state index is 13.1. The molecule has 144 valence electrons. The number of nitrogens with zero attached hydrogens (tertiary/aromatic N) is 3. The summed E-state index contributed by atoms with van der Waals surface area (Å²) >= 11 is 0. The van der Waals surface area contributed by atoms with Crippen molar-refractivity contribution in [2.75, 3.05) is 62.2 Å². The standard InChI is InChI=1S/C19H28FN3O2S/c20-17-1-3-18(4-2-17)22-7-9-23(10-8-22)19-14-21(15-19)13-16-5-11-26(24,25)12-6-16/h1-4,16,19H,5-15H2. The molecule has 0 amide bonds. The predicted octanol–water partition coefficient (Wildman–Crippen LogP) is 1.46. The Bertz CT molecular complexity index is 697. The van der Waals surface area contributed by atoms with Crippen molar-refractivity contribution in [2.24, 2.45) is 5.92 Å². The molecule has 26 heavy (non-hydrogen) atoms. The highest BCUT2D eigenvalue weighted by Crippen LogP contribution is 2.25.